The molecule has 128 valence electrons. The second kappa shape index (κ2) is 6.95. The largest absolute Gasteiger partial charge is 0.497 e. The van der Waals surface area contributed by atoms with Crippen molar-refractivity contribution in [3.8, 4) is 5.75 Å². The number of rotatable bonds is 4. The van der Waals surface area contributed by atoms with E-state index in [9.17, 15) is 4.79 Å². The van der Waals surface area contributed by atoms with E-state index >= 15 is 0 Å². The standard InChI is InChI=1S/C18H23N3O3/c1-12(2)15-11-17(24-20-15)16-8-5-9-21(16)18(22)19-13-6-4-7-14(10-13)23-3/h4,6-7,10-12,16H,5,8-9H2,1-3H3,(H,19,22)/t16-/m0/s1. The van der Waals surface area contributed by atoms with Crippen molar-refractivity contribution in [1.29, 1.82) is 0 Å². The molecule has 1 N–H and O–H groups in total. The molecule has 1 aromatic heterocycles. The normalized spacial score (nSPS) is 17.3. The van der Waals surface area contributed by atoms with Gasteiger partial charge in [-0.1, -0.05) is 25.1 Å². The fourth-order valence-electron chi connectivity index (χ4n) is 2.93. The zero-order chi connectivity index (χ0) is 17.1. The van der Waals surface area contributed by atoms with E-state index in [0.717, 1.165) is 24.3 Å². The van der Waals surface area contributed by atoms with Crippen LogP contribution in [0.5, 0.6) is 5.75 Å². The van der Waals surface area contributed by atoms with Crippen LogP contribution in [0.4, 0.5) is 10.5 Å². The van der Waals surface area contributed by atoms with Crippen LogP contribution in [0.3, 0.4) is 0 Å². The Bertz CT molecular complexity index is 711. The molecule has 1 atom stereocenters. The Labute approximate surface area is 141 Å². The van der Waals surface area contributed by atoms with Gasteiger partial charge in [-0.25, -0.2) is 4.79 Å². The van der Waals surface area contributed by atoms with Crippen molar-refractivity contribution in [2.24, 2.45) is 0 Å². The Kier molecular flexibility index (Phi) is 4.74. The maximum Gasteiger partial charge on any atom is 0.322 e. The third-order valence-electron chi connectivity index (χ3n) is 4.30. The number of urea groups is 1. The van der Waals surface area contributed by atoms with Gasteiger partial charge in [-0.2, -0.15) is 0 Å². The average Bonchev–Trinajstić information content (AvgIpc) is 3.23. The highest BCUT2D eigenvalue weighted by molar-refractivity contribution is 5.90. The first kappa shape index (κ1) is 16.4. The van der Waals surface area contributed by atoms with Crippen molar-refractivity contribution in [2.75, 3.05) is 19.0 Å². The summed E-state index contributed by atoms with van der Waals surface area (Å²) in [4.78, 5) is 14.5. The lowest BCUT2D eigenvalue weighted by Gasteiger charge is -2.23. The molecule has 0 spiro atoms. The van der Waals surface area contributed by atoms with Gasteiger partial charge in [-0.3, -0.25) is 0 Å². The lowest BCUT2D eigenvalue weighted by molar-refractivity contribution is 0.195. The molecule has 24 heavy (non-hydrogen) atoms. The molecule has 0 bridgehead atoms. The minimum Gasteiger partial charge on any atom is -0.497 e. The van der Waals surface area contributed by atoms with Gasteiger partial charge < -0.3 is 19.5 Å². The monoisotopic (exact) mass is 329 g/mol. The van der Waals surface area contributed by atoms with Crippen molar-refractivity contribution in [3.05, 3.63) is 41.8 Å². The Morgan fingerprint density at radius 1 is 1.42 bits per heavy atom. The average molecular weight is 329 g/mol. The van der Waals surface area contributed by atoms with Gasteiger partial charge in [0.25, 0.3) is 0 Å². The Morgan fingerprint density at radius 2 is 2.25 bits per heavy atom. The van der Waals surface area contributed by atoms with Crippen molar-refractivity contribution in [2.45, 2.75) is 38.6 Å². The van der Waals surface area contributed by atoms with Crippen LogP contribution in [0.1, 0.15) is 50.1 Å². The van der Waals surface area contributed by atoms with Gasteiger partial charge in [0.1, 0.15) is 5.75 Å². The van der Waals surface area contributed by atoms with Gasteiger partial charge in [0.15, 0.2) is 5.76 Å². The first-order valence-corrected chi connectivity index (χ1v) is 8.26. The van der Waals surface area contributed by atoms with Crippen molar-refractivity contribution >= 4 is 11.7 Å². The molecular formula is C18H23N3O3. The molecular weight excluding hydrogens is 306 g/mol. The molecule has 1 fully saturated rings. The number of aromatic nitrogens is 1. The number of methoxy groups -OCH3 is 1. The fraction of sp³-hybridized carbons (Fsp3) is 0.444. The van der Waals surface area contributed by atoms with Crippen LogP contribution in [0.2, 0.25) is 0 Å². The fourth-order valence-corrected chi connectivity index (χ4v) is 2.93. The van der Waals surface area contributed by atoms with E-state index < -0.39 is 0 Å². The van der Waals surface area contributed by atoms with Gasteiger partial charge in [-0.05, 0) is 30.9 Å². The number of carbonyl (C=O) groups is 1. The van der Waals surface area contributed by atoms with Crippen molar-refractivity contribution in [1.82, 2.24) is 10.1 Å². The van der Waals surface area contributed by atoms with Crippen LogP contribution in [-0.4, -0.2) is 29.7 Å². The molecule has 3 rings (SSSR count). The van der Waals surface area contributed by atoms with E-state index in [1.165, 1.54) is 0 Å². The molecule has 0 saturated carbocycles. The second-order valence-corrected chi connectivity index (χ2v) is 6.32. The lowest BCUT2D eigenvalue weighted by atomic mass is 10.1. The highest BCUT2D eigenvalue weighted by Crippen LogP contribution is 2.33. The Morgan fingerprint density at radius 3 is 2.96 bits per heavy atom. The third-order valence-corrected chi connectivity index (χ3v) is 4.30. The molecule has 6 nitrogen and oxygen atoms in total. The number of ether oxygens (including phenoxy) is 1. The molecule has 0 aliphatic carbocycles. The van der Waals surface area contributed by atoms with E-state index in [-0.39, 0.29) is 12.1 Å². The number of hydrogen-bond donors (Lipinski definition) is 1. The number of hydrogen-bond acceptors (Lipinski definition) is 4. The number of nitrogens with one attached hydrogen (secondary N) is 1. The summed E-state index contributed by atoms with van der Waals surface area (Å²) in [6.45, 7) is 4.85. The minimum atomic E-state index is -0.131. The maximum absolute atomic E-state index is 12.7. The number of nitrogens with zero attached hydrogens (tertiary/aromatic N) is 2. The van der Waals surface area contributed by atoms with Gasteiger partial charge in [0.05, 0.1) is 18.8 Å². The molecule has 1 saturated heterocycles. The molecule has 6 heteroatoms. The summed E-state index contributed by atoms with van der Waals surface area (Å²) in [6.07, 6.45) is 1.84. The zero-order valence-corrected chi connectivity index (χ0v) is 14.3. The highest BCUT2D eigenvalue weighted by atomic mass is 16.5. The zero-order valence-electron chi connectivity index (χ0n) is 14.3. The maximum atomic E-state index is 12.7. The van der Waals surface area contributed by atoms with Crippen molar-refractivity contribution in [3.63, 3.8) is 0 Å². The molecule has 2 aromatic rings. The molecule has 1 aliphatic heterocycles. The van der Waals surface area contributed by atoms with E-state index in [4.69, 9.17) is 9.26 Å². The quantitative estimate of drug-likeness (QED) is 0.914. The van der Waals surface area contributed by atoms with Gasteiger partial charge in [0.2, 0.25) is 0 Å². The molecule has 2 amide bonds. The summed E-state index contributed by atoms with van der Waals surface area (Å²) in [5, 5.41) is 7.04. The summed E-state index contributed by atoms with van der Waals surface area (Å²) in [5.41, 5.74) is 1.63. The van der Waals surface area contributed by atoms with Crippen LogP contribution in [0, 0.1) is 0 Å². The topological polar surface area (TPSA) is 67.6 Å². The van der Waals surface area contributed by atoms with Crippen LogP contribution >= 0.6 is 0 Å². The first-order chi connectivity index (χ1) is 11.6. The molecule has 0 unspecified atom stereocenters. The number of anilines is 1. The second-order valence-electron chi connectivity index (χ2n) is 6.32. The summed E-state index contributed by atoms with van der Waals surface area (Å²) in [5.74, 6) is 1.78. The van der Waals surface area contributed by atoms with Gasteiger partial charge in [-0.15, -0.1) is 0 Å². The summed E-state index contributed by atoms with van der Waals surface area (Å²) in [7, 11) is 1.60. The summed E-state index contributed by atoms with van der Waals surface area (Å²) >= 11 is 0. The molecule has 2 heterocycles. The number of carbonyl (C=O) groups excluding carboxylic acids is 1. The molecule has 0 radical (unpaired) electrons. The van der Waals surface area contributed by atoms with Crippen LogP contribution in [0.25, 0.3) is 0 Å². The number of benzene rings is 1. The smallest absolute Gasteiger partial charge is 0.322 e. The minimum absolute atomic E-state index is 0.0596. The first-order valence-electron chi connectivity index (χ1n) is 8.26. The van der Waals surface area contributed by atoms with E-state index in [1.807, 2.05) is 29.2 Å². The van der Waals surface area contributed by atoms with E-state index in [1.54, 1.807) is 13.2 Å². The third kappa shape index (κ3) is 3.37. The lowest BCUT2D eigenvalue weighted by Crippen LogP contribution is -2.34. The predicted octanol–water partition coefficient (Wildman–Crippen LogP) is 4.18. The Hall–Kier alpha value is -2.50. The molecule has 1 aliphatic rings. The highest BCUT2D eigenvalue weighted by Gasteiger charge is 2.33. The predicted molar refractivity (Wildman–Crippen MR) is 91.3 cm³/mol. The number of amides is 2. The number of likely N-dealkylation sites (tertiary alicyclic amines) is 1. The van der Waals surface area contributed by atoms with Crippen LogP contribution < -0.4 is 10.1 Å². The SMILES string of the molecule is COc1cccc(NC(=O)N2CCC[C@H]2c2cc(C(C)C)no2)c1. The van der Waals surface area contributed by atoms with Crippen molar-refractivity contribution < 1.29 is 14.1 Å². The molecule has 1 aromatic carbocycles. The van der Waals surface area contributed by atoms with Crippen LogP contribution in [-0.2, 0) is 0 Å². The van der Waals surface area contributed by atoms with E-state index in [2.05, 4.69) is 24.3 Å². The van der Waals surface area contributed by atoms with E-state index in [0.29, 0.717) is 23.9 Å². The van der Waals surface area contributed by atoms with Crippen LogP contribution in [0.15, 0.2) is 34.9 Å². The van der Waals surface area contributed by atoms with Gasteiger partial charge in [0, 0.05) is 24.4 Å². The summed E-state index contributed by atoms with van der Waals surface area (Å²) < 4.78 is 10.7. The Balaban J connectivity index is 1.73. The summed E-state index contributed by atoms with van der Waals surface area (Å²) in [6, 6.07) is 9.11. The van der Waals surface area contributed by atoms with Gasteiger partial charge >= 0.3 is 6.03 Å².